The third kappa shape index (κ3) is 7.07. The molecule has 1 atom stereocenters. The van der Waals surface area contributed by atoms with E-state index in [0.29, 0.717) is 39.8 Å². The van der Waals surface area contributed by atoms with E-state index >= 15 is 0 Å². The summed E-state index contributed by atoms with van der Waals surface area (Å²) < 4.78 is 28.3. The number of hydrogen-bond acceptors (Lipinski definition) is 5. The molecule has 0 radical (unpaired) electrons. The number of allylic oxidation sites excluding steroid dienone is 1. The van der Waals surface area contributed by atoms with Crippen LogP contribution in [0.15, 0.2) is 91.1 Å². The minimum absolute atomic E-state index is 0.123. The average molecular weight is 555 g/mol. The molecule has 9 heteroatoms. The summed E-state index contributed by atoms with van der Waals surface area (Å²) in [5.41, 5.74) is 9.04. The maximum atomic E-state index is 14.2. The molecule has 1 unspecified atom stereocenters. The van der Waals surface area contributed by atoms with Gasteiger partial charge in [0.1, 0.15) is 17.9 Å². The monoisotopic (exact) mass is 554 g/mol. The van der Waals surface area contributed by atoms with Crippen LogP contribution in [0, 0.1) is 11.6 Å². The van der Waals surface area contributed by atoms with Crippen molar-refractivity contribution in [1.29, 1.82) is 0 Å². The van der Waals surface area contributed by atoms with Gasteiger partial charge in [0, 0.05) is 30.1 Å². The number of pyridine rings is 1. The van der Waals surface area contributed by atoms with Gasteiger partial charge in [0.2, 0.25) is 5.91 Å². The fourth-order valence-electron chi connectivity index (χ4n) is 4.66. The number of carbonyl (C=O) groups is 3. The van der Waals surface area contributed by atoms with Crippen LogP contribution in [0.3, 0.4) is 0 Å². The minimum atomic E-state index is -0.921. The van der Waals surface area contributed by atoms with E-state index in [2.05, 4.69) is 15.6 Å². The van der Waals surface area contributed by atoms with E-state index < -0.39 is 29.5 Å². The lowest BCUT2D eigenvalue weighted by atomic mass is 9.94. The van der Waals surface area contributed by atoms with Gasteiger partial charge < -0.3 is 16.4 Å². The third-order valence-electron chi connectivity index (χ3n) is 6.54. The first-order valence-electron chi connectivity index (χ1n) is 12.8. The Balaban J connectivity index is 1.73. The number of primary amides is 1. The van der Waals surface area contributed by atoms with Gasteiger partial charge in [-0.2, -0.15) is 0 Å². The quantitative estimate of drug-likeness (QED) is 0.173. The number of benzene rings is 3. The molecule has 0 saturated carbocycles. The van der Waals surface area contributed by atoms with Crippen LogP contribution in [0.2, 0.25) is 0 Å². The summed E-state index contributed by atoms with van der Waals surface area (Å²) in [6, 6.07) is 19.9. The second kappa shape index (κ2) is 13.3. The molecular weight excluding hydrogens is 526 g/mol. The highest BCUT2D eigenvalue weighted by Crippen LogP contribution is 2.31. The third-order valence-corrected chi connectivity index (χ3v) is 6.54. The molecule has 0 bridgehead atoms. The molecule has 7 nitrogen and oxygen atoms in total. The zero-order chi connectivity index (χ0) is 29.4. The second-order valence-electron chi connectivity index (χ2n) is 9.25. The summed E-state index contributed by atoms with van der Waals surface area (Å²) in [6.45, 7) is 0. The zero-order valence-electron chi connectivity index (χ0n) is 22.2. The summed E-state index contributed by atoms with van der Waals surface area (Å²) in [5.74, 6) is -2.51. The molecule has 41 heavy (non-hydrogen) atoms. The zero-order valence-corrected chi connectivity index (χ0v) is 22.2. The van der Waals surface area contributed by atoms with E-state index in [-0.39, 0.29) is 18.4 Å². The fourth-order valence-corrected chi connectivity index (χ4v) is 4.66. The van der Waals surface area contributed by atoms with Crippen LogP contribution in [-0.2, 0) is 16.0 Å². The number of halogens is 2. The van der Waals surface area contributed by atoms with Crippen molar-refractivity contribution in [2.75, 3.05) is 12.4 Å². The Kier molecular flexibility index (Phi) is 9.32. The largest absolute Gasteiger partial charge is 0.388 e. The van der Waals surface area contributed by atoms with Gasteiger partial charge in [-0.3, -0.25) is 19.4 Å². The SMILES string of the molecule is CNc1ccccc1/C(=C\C=O)CC(=O)NC(Cc1cccc(F)c1)c1ncccc1-c1ccc(F)c(C(N)=O)c1. The molecule has 0 aliphatic carbocycles. The first-order chi connectivity index (χ1) is 19.8. The number of hydrogen-bond donors (Lipinski definition) is 3. The van der Waals surface area contributed by atoms with Gasteiger partial charge in [0.05, 0.1) is 23.7 Å². The molecule has 1 aromatic heterocycles. The Morgan fingerprint density at radius 2 is 1.78 bits per heavy atom. The Labute approximate surface area is 236 Å². The van der Waals surface area contributed by atoms with Crippen LogP contribution in [-0.4, -0.2) is 30.1 Å². The normalized spacial score (nSPS) is 11.9. The number of para-hydroxylation sites is 1. The molecule has 0 aliphatic rings. The predicted molar refractivity (Wildman–Crippen MR) is 154 cm³/mol. The van der Waals surface area contributed by atoms with Gasteiger partial charge >= 0.3 is 0 Å². The first kappa shape index (κ1) is 28.8. The second-order valence-corrected chi connectivity index (χ2v) is 9.25. The number of nitrogens with one attached hydrogen (secondary N) is 2. The van der Waals surface area contributed by atoms with Gasteiger partial charge in [-0.1, -0.05) is 42.5 Å². The Bertz CT molecular complexity index is 1620. The average Bonchev–Trinajstić information content (AvgIpc) is 2.97. The highest BCUT2D eigenvalue weighted by Gasteiger charge is 2.23. The van der Waals surface area contributed by atoms with Gasteiger partial charge in [-0.15, -0.1) is 0 Å². The first-order valence-corrected chi connectivity index (χ1v) is 12.8. The van der Waals surface area contributed by atoms with Gasteiger partial charge in [0.25, 0.3) is 5.91 Å². The molecule has 4 rings (SSSR count). The number of anilines is 1. The summed E-state index contributed by atoms with van der Waals surface area (Å²) in [4.78, 5) is 41.3. The van der Waals surface area contributed by atoms with Crippen LogP contribution in [0.4, 0.5) is 14.5 Å². The van der Waals surface area contributed by atoms with Gasteiger partial charge in [-0.25, -0.2) is 8.78 Å². The van der Waals surface area contributed by atoms with E-state index in [1.807, 2.05) is 18.2 Å². The highest BCUT2D eigenvalue weighted by molar-refractivity contribution is 5.96. The predicted octanol–water partition coefficient (Wildman–Crippen LogP) is 5.24. The number of aldehydes is 1. The lowest BCUT2D eigenvalue weighted by molar-refractivity contribution is -0.120. The van der Waals surface area contributed by atoms with Gasteiger partial charge in [0.15, 0.2) is 0 Å². The molecule has 0 aliphatic heterocycles. The lowest BCUT2D eigenvalue weighted by Crippen LogP contribution is -2.31. The Morgan fingerprint density at radius 3 is 2.51 bits per heavy atom. The molecule has 208 valence electrons. The van der Waals surface area contributed by atoms with Crippen LogP contribution in [0.5, 0.6) is 0 Å². The van der Waals surface area contributed by atoms with Crippen molar-refractivity contribution in [2.45, 2.75) is 18.9 Å². The highest BCUT2D eigenvalue weighted by atomic mass is 19.1. The Hall–Kier alpha value is -5.18. The van der Waals surface area contributed by atoms with E-state index in [1.165, 1.54) is 30.3 Å². The molecule has 2 amide bonds. The Morgan fingerprint density at radius 1 is 0.976 bits per heavy atom. The number of aromatic nitrogens is 1. The van der Waals surface area contributed by atoms with Crippen molar-refractivity contribution < 1.29 is 23.2 Å². The lowest BCUT2D eigenvalue weighted by Gasteiger charge is -2.22. The molecule has 0 spiro atoms. The van der Waals surface area contributed by atoms with E-state index in [1.54, 1.807) is 43.6 Å². The number of amides is 2. The van der Waals surface area contributed by atoms with Crippen LogP contribution in [0.25, 0.3) is 16.7 Å². The van der Waals surface area contributed by atoms with Crippen LogP contribution in [0.1, 0.15) is 39.6 Å². The van der Waals surface area contributed by atoms with Crippen molar-refractivity contribution >= 4 is 29.4 Å². The van der Waals surface area contributed by atoms with E-state index in [9.17, 15) is 23.2 Å². The number of nitrogens with two attached hydrogens (primary N) is 1. The van der Waals surface area contributed by atoms with Crippen molar-refractivity contribution in [1.82, 2.24) is 10.3 Å². The van der Waals surface area contributed by atoms with Crippen molar-refractivity contribution in [3.63, 3.8) is 0 Å². The van der Waals surface area contributed by atoms with Crippen LogP contribution < -0.4 is 16.4 Å². The minimum Gasteiger partial charge on any atom is -0.388 e. The van der Waals surface area contributed by atoms with Crippen molar-refractivity contribution in [3.8, 4) is 11.1 Å². The molecule has 4 aromatic rings. The van der Waals surface area contributed by atoms with E-state index in [0.717, 1.165) is 11.8 Å². The summed E-state index contributed by atoms with van der Waals surface area (Å²) in [5, 5.41) is 6.05. The summed E-state index contributed by atoms with van der Waals surface area (Å²) in [6.07, 6.45) is 3.57. The maximum absolute atomic E-state index is 14.2. The molecule has 4 N–H and O–H groups in total. The molecular formula is C32H28F2N4O3. The van der Waals surface area contributed by atoms with Crippen molar-refractivity contribution in [3.05, 3.63) is 125 Å². The molecule has 0 saturated heterocycles. The number of nitrogens with zero attached hydrogens (tertiary/aromatic N) is 1. The fraction of sp³-hybridized carbons (Fsp3) is 0.125. The number of carbonyl (C=O) groups excluding carboxylic acids is 3. The van der Waals surface area contributed by atoms with Gasteiger partial charge in [-0.05, 0) is 65.6 Å². The summed E-state index contributed by atoms with van der Waals surface area (Å²) >= 11 is 0. The standard InChI is InChI=1S/C32H28F2N4O3/c1-36-28-10-3-2-8-24(28)22(13-15-39)19-30(40)38-29(17-20-6-4-7-23(33)16-20)31-25(9-5-14-37-31)21-11-12-27(34)26(18-21)32(35)41/h2-16,18,29,36H,17,19H2,1H3,(H2,35,41)(H,38,40)/b22-13-. The van der Waals surface area contributed by atoms with E-state index in [4.69, 9.17) is 5.73 Å². The van der Waals surface area contributed by atoms with Crippen LogP contribution >= 0.6 is 0 Å². The molecule has 1 heterocycles. The summed E-state index contributed by atoms with van der Waals surface area (Å²) in [7, 11) is 1.74. The smallest absolute Gasteiger partial charge is 0.251 e. The molecule has 3 aromatic carbocycles. The topological polar surface area (TPSA) is 114 Å². The maximum Gasteiger partial charge on any atom is 0.251 e. The molecule has 0 fully saturated rings. The van der Waals surface area contributed by atoms with Crippen molar-refractivity contribution in [2.24, 2.45) is 5.73 Å². The number of rotatable bonds is 11.